The predicted molar refractivity (Wildman–Crippen MR) is 116 cm³/mol. The third-order valence-corrected chi connectivity index (χ3v) is 9.05. The maximum atomic E-state index is 12.8. The zero-order valence-corrected chi connectivity index (χ0v) is 18.8. The molecule has 3 fully saturated rings. The number of aryl methyl sites for hydroxylation is 2. The van der Waals surface area contributed by atoms with Crippen LogP contribution in [0.4, 0.5) is 5.69 Å². The highest BCUT2D eigenvalue weighted by molar-refractivity contribution is 7.92. The molecule has 9 heteroatoms. The van der Waals surface area contributed by atoms with Crippen molar-refractivity contribution in [2.45, 2.75) is 42.5 Å². The van der Waals surface area contributed by atoms with Crippen molar-refractivity contribution in [3.8, 4) is 0 Å². The molecule has 162 valence electrons. The van der Waals surface area contributed by atoms with E-state index >= 15 is 0 Å². The molecule has 0 unspecified atom stereocenters. The molecule has 2 N–H and O–H groups in total. The van der Waals surface area contributed by atoms with Crippen LogP contribution >= 0.6 is 0 Å². The van der Waals surface area contributed by atoms with Gasteiger partial charge in [0.2, 0.25) is 10.0 Å². The average molecular weight is 450 g/mol. The molecule has 3 aliphatic heterocycles. The van der Waals surface area contributed by atoms with E-state index in [1.54, 1.807) is 18.2 Å². The van der Waals surface area contributed by atoms with Gasteiger partial charge in [0.25, 0.3) is 10.0 Å². The minimum absolute atomic E-state index is 0.0690. The van der Waals surface area contributed by atoms with E-state index in [1.807, 2.05) is 13.8 Å². The Morgan fingerprint density at radius 3 is 2.03 bits per heavy atom. The molecule has 0 radical (unpaired) electrons. The molecule has 3 aliphatic rings. The van der Waals surface area contributed by atoms with Gasteiger partial charge in [0, 0.05) is 18.3 Å². The third kappa shape index (κ3) is 4.39. The number of nitrogens with one attached hydrogen (secondary N) is 2. The Bertz CT molecular complexity index is 1140. The standard InChI is InChI=1S/C21H27N3O4S2/c1-15-3-6-20(13-16(15)2)30(27,28)22-18-4-7-19(8-5-18)29(25,26)23-21-14-24-11-9-17(21)10-12-24/h3-8,13,17,21-23H,9-12,14H2,1-2H3/t21-/m0/s1. The van der Waals surface area contributed by atoms with Crippen molar-refractivity contribution < 1.29 is 16.8 Å². The summed E-state index contributed by atoms with van der Waals surface area (Å²) in [5.41, 5.74) is 2.21. The van der Waals surface area contributed by atoms with Gasteiger partial charge in [-0.25, -0.2) is 21.6 Å². The fraction of sp³-hybridized carbons (Fsp3) is 0.429. The number of hydrogen-bond acceptors (Lipinski definition) is 5. The first kappa shape index (κ1) is 21.3. The molecule has 0 aromatic heterocycles. The molecule has 30 heavy (non-hydrogen) atoms. The van der Waals surface area contributed by atoms with Crippen molar-refractivity contribution in [1.29, 1.82) is 0 Å². The normalized spacial score (nSPS) is 24.0. The number of anilines is 1. The van der Waals surface area contributed by atoms with Gasteiger partial charge in [-0.3, -0.25) is 4.72 Å². The summed E-state index contributed by atoms with van der Waals surface area (Å²) in [6, 6.07) is 10.7. The van der Waals surface area contributed by atoms with Gasteiger partial charge in [-0.1, -0.05) is 6.07 Å². The van der Waals surface area contributed by atoms with Gasteiger partial charge in [0.1, 0.15) is 0 Å². The lowest BCUT2D eigenvalue weighted by atomic mass is 9.85. The molecule has 1 atom stereocenters. The predicted octanol–water partition coefficient (Wildman–Crippen LogP) is 2.48. The van der Waals surface area contributed by atoms with Crippen molar-refractivity contribution in [2.75, 3.05) is 24.4 Å². The quantitative estimate of drug-likeness (QED) is 0.706. The Morgan fingerprint density at radius 1 is 0.833 bits per heavy atom. The Kier molecular flexibility index (Phi) is 5.65. The molecule has 0 spiro atoms. The second-order valence-corrected chi connectivity index (χ2v) is 11.6. The van der Waals surface area contributed by atoms with Crippen molar-refractivity contribution >= 4 is 25.7 Å². The molecule has 3 heterocycles. The molecule has 2 bridgehead atoms. The van der Waals surface area contributed by atoms with Crippen LogP contribution < -0.4 is 9.44 Å². The Morgan fingerprint density at radius 2 is 1.47 bits per heavy atom. The summed E-state index contributed by atoms with van der Waals surface area (Å²) in [6.07, 6.45) is 2.04. The SMILES string of the molecule is Cc1ccc(S(=O)(=O)Nc2ccc(S(=O)(=O)N[C@H]3CN4CCC3CC4)cc2)cc1C. The minimum Gasteiger partial charge on any atom is -0.302 e. The largest absolute Gasteiger partial charge is 0.302 e. The number of hydrogen-bond donors (Lipinski definition) is 2. The lowest BCUT2D eigenvalue weighted by molar-refractivity contribution is 0.0827. The number of piperidine rings is 3. The number of benzene rings is 2. The number of fused-ring (bicyclic) bond motifs is 3. The summed E-state index contributed by atoms with van der Waals surface area (Å²) in [6.45, 7) is 6.60. The van der Waals surface area contributed by atoms with E-state index in [0.29, 0.717) is 11.6 Å². The first-order valence-corrected chi connectivity index (χ1v) is 13.1. The van der Waals surface area contributed by atoms with Gasteiger partial charge in [0.05, 0.1) is 9.79 Å². The smallest absolute Gasteiger partial charge is 0.261 e. The molecule has 0 amide bonds. The number of rotatable bonds is 6. The number of nitrogens with zero attached hydrogens (tertiary/aromatic N) is 1. The van der Waals surface area contributed by atoms with Crippen LogP contribution in [0.2, 0.25) is 0 Å². The minimum atomic E-state index is -3.75. The zero-order chi connectivity index (χ0) is 21.5. The molecule has 7 nitrogen and oxygen atoms in total. The van der Waals surface area contributed by atoms with Crippen LogP contribution in [0.15, 0.2) is 52.3 Å². The maximum Gasteiger partial charge on any atom is 0.261 e. The van der Waals surface area contributed by atoms with E-state index < -0.39 is 20.0 Å². The van der Waals surface area contributed by atoms with Crippen LogP contribution in [0.25, 0.3) is 0 Å². The molecule has 0 aliphatic carbocycles. The molecule has 5 rings (SSSR count). The zero-order valence-electron chi connectivity index (χ0n) is 17.1. The summed E-state index contributed by atoms with van der Waals surface area (Å²) in [4.78, 5) is 2.59. The van der Waals surface area contributed by atoms with Crippen molar-refractivity contribution in [1.82, 2.24) is 9.62 Å². The van der Waals surface area contributed by atoms with Gasteiger partial charge in [-0.2, -0.15) is 0 Å². The molecule has 0 saturated carbocycles. The van der Waals surface area contributed by atoms with Crippen LogP contribution in [-0.2, 0) is 20.0 Å². The van der Waals surface area contributed by atoms with E-state index in [4.69, 9.17) is 0 Å². The lowest BCUT2D eigenvalue weighted by Gasteiger charge is -2.44. The van der Waals surface area contributed by atoms with Gasteiger partial charge in [0.15, 0.2) is 0 Å². The molecule has 3 saturated heterocycles. The van der Waals surface area contributed by atoms with Crippen molar-refractivity contribution in [3.63, 3.8) is 0 Å². The Balaban J connectivity index is 1.47. The van der Waals surface area contributed by atoms with Crippen LogP contribution in [0.5, 0.6) is 0 Å². The number of sulfonamides is 2. The third-order valence-electron chi connectivity index (χ3n) is 6.17. The fourth-order valence-electron chi connectivity index (χ4n) is 4.16. The van der Waals surface area contributed by atoms with E-state index in [1.165, 1.54) is 24.3 Å². The van der Waals surface area contributed by atoms with Crippen LogP contribution in [0.3, 0.4) is 0 Å². The first-order valence-electron chi connectivity index (χ1n) is 10.1. The van der Waals surface area contributed by atoms with Crippen LogP contribution in [-0.4, -0.2) is 47.4 Å². The van der Waals surface area contributed by atoms with E-state index in [0.717, 1.165) is 43.6 Å². The lowest BCUT2D eigenvalue weighted by Crippen LogP contribution is -2.57. The van der Waals surface area contributed by atoms with Crippen molar-refractivity contribution in [2.24, 2.45) is 5.92 Å². The summed E-state index contributed by atoms with van der Waals surface area (Å²) < 4.78 is 56.2. The Hall–Kier alpha value is -1.94. The van der Waals surface area contributed by atoms with E-state index in [9.17, 15) is 16.8 Å². The summed E-state index contributed by atoms with van der Waals surface area (Å²) in [5.74, 6) is 0.383. The average Bonchev–Trinajstić information content (AvgIpc) is 2.70. The van der Waals surface area contributed by atoms with Gasteiger partial charge in [-0.05, 0) is 93.2 Å². The molecular formula is C21H27N3O4S2. The molecule has 2 aromatic carbocycles. The molecular weight excluding hydrogens is 422 g/mol. The molecule has 2 aromatic rings. The Labute approximate surface area is 178 Å². The monoisotopic (exact) mass is 449 g/mol. The summed E-state index contributed by atoms with van der Waals surface area (Å²) in [5, 5.41) is 0. The van der Waals surface area contributed by atoms with Crippen LogP contribution in [0.1, 0.15) is 24.0 Å². The van der Waals surface area contributed by atoms with Gasteiger partial charge in [-0.15, -0.1) is 0 Å². The van der Waals surface area contributed by atoms with E-state index in [2.05, 4.69) is 14.3 Å². The highest BCUT2D eigenvalue weighted by atomic mass is 32.2. The van der Waals surface area contributed by atoms with E-state index in [-0.39, 0.29) is 15.8 Å². The van der Waals surface area contributed by atoms with Crippen LogP contribution in [0, 0.1) is 19.8 Å². The second kappa shape index (κ2) is 7.96. The van der Waals surface area contributed by atoms with Gasteiger partial charge < -0.3 is 4.90 Å². The maximum absolute atomic E-state index is 12.8. The highest BCUT2D eigenvalue weighted by Gasteiger charge is 2.36. The van der Waals surface area contributed by atoms with Crippen molar-refractivity contribution in [3.05, 3.63) is 53.6 Å². The van der Waals surface area contributed by atoms with Gasteiger partial charge >= 0.3 is 0 Å². The summed E-state index contributed by atoms with van der Waals surface area (Å²) >= 11 is 0. The second-order valence-electron chi connectivity index (χ2n) is 8.24. The highest BCUT2D eigenvalue weighted by Crippen LogP contribution is 2.29. The summed E-state index contributed by atoms with van der Waals surface area (Å²) in [7, 11) is -7.41. The first-order chi connectivity index (χ1) is 14.1. The fourth-order valence-corrected chi connectivity index (χ4v) is 6.60. The topological polar surface area (TPSA) is 95.6 Å².